The minimum atomic E-state index is -0.420. The smallest absolute Gasteiger partial charge is 0.269 e. The number of nitro groups is 1. The quantitative estimate of drug-likeness (QED) is 0.414. The summed E-state index contributed by atoms with van der Waals surface area (Å²) in [5.41, 5.74) is 3.05. The number of aromatic nitrogens is 3. The Morgan fingerprint density at radius 3 is 2.31 bits per heavy atom. The van der Waals surface area contributed by atoms with E-state index in [-0.39, 0.29) is 17.5 Å². The first-order chi connectivity index (χ1) is 17.5. The molecule has 1 aromatic heterocycles. The lowest BCUT2D eigenvalue weighted by molar-refractivity contribution is -0.384. The van der Waals surface area contributed by atoms with Crippen LogP contribution in [0.4, 0.5) is 5.69 Å². The number of benzene rings is 2. The van der Waals surface area contributed by atoms with Crippen LogP contribution in [0.15, 0.2) is 42.5 Å². The maximum atomic E-state index is 13.0. The van der Waals surface area contributed by atoms with Crippen molar-refractivity contribution in [2.45, 2.75) is 31.7 Å². The molecule has 36 heavy (non-hydrogen) atoms. The van der Waals surface area contributed by atoms with Gasteiger partial charge in [-0.2, -0.15) is 15.4 Å². The molecule has 0 unspecified atom stereocenters. The maximum absolute atomic E-state index is 13.0. The van der Waals surface area contributed by atoms with Crippen molar-refractivity contribution >= 4 is 28.5 Å². The van der Waals surface area contributed by atoms with Crippen molar-refractivity contribution in [2.24, 2.45) is 0 Å². The summed E-state index contributed by atoms with van der Waals surface area (Å²) in [6.07, 6.45) is 2.85. The van der Waals surface area contributed by atoms with E-state index in [1.54, 1.807) is 24.3 Å². The molecular weight excluding hydrogens is 462 g/mol. The molecule has 3 heterocycles. The van der Waals surface area contributed by atoms with Crippen LogP contribution in [0.25, 0.3) is 11.0 Å². The Labute approximate surface area is 208 Å². The third-order valence-corrected chi connectivity index (χ3v) is 7.27. The zero-order valence-electron chi connectivity index (χ0n) is 20.0. The van der Waals surface area contributed by atoms with Gasteiger partial charge in [0.15, 0.2) is 0 Å². The van der Waals surface area contributed by atoms with Crippen LogP contribution < -0.4 is 0 Å². The maximum Gasteiger partial charge on any atom is 0.269 e. The van der Waals surface area contributed by atoms with Gasteiger partial charge in [-0.3, -0.25) is 24.6 Å². The van der Waals surface area contributed by atoms with Crippen LogP contribution in [-0.4, -0.2) is 92.2 Å². The first-order valence-corrected chi connectivity index (χ1v) is 12.3. The fourth-order valence-corrected chi connectivity index (χ4v) is 5.12. The van der Waals surface area contributed by atoms with Crippen molar-refractivity contribution in [1.29, 1.82) is 0 Å². The fraction of sp³-hybridized carbons (Fsp3) is 0.440. The van der Waals surface area contributed by atoms with Crippen LogP contribution in [0.2, 0.25) is 0 Å². The molecule has 2 amide bonds. The van der Waals surface area contributed by atoms with Gasteiger partial charge in [0, 0.05) is 69.4 Å². The molecule has 0 saturated carbocycles. The van der Waals surface area contributed by atoms with E-state index >= 15 is 0 Å². The highest BCUT2D eigenvalue weighted by Gasteiger charge is 2.30. The lowest BCUT2D eigenvalue weighted by Gasteiger charge is -2.42. The molecule has 0 bridgehead atoms. The van der Waals surface area contributed by atoms with Gasteiger partial charge < -0.3 is 9.80 Å². The Balaban J connectivity index is 1.05. The number of non-ortho nitro benzene ring substituents is 1. The number of nitrogens with one attached hydrogen (secondary N) is 1. The van der Waals surface area contributed by atoms with Gasteiger partial charge in [0.2, 0.25) is 5.91 Å². The minimum absolute atomic E-state index is 0.0213. The van der Waals surface area contributed by atoms with E-state index in [4.69, 9.17) is 0 Å². The number of piperidine rings is 1. The molecule has 11 heteroatoms. The summed E-state index contributed by atoms with van der Waals surface area (Å²) in [5, 5.41) is 21.5. The average molecular weight is 492 g/mol. The summed E-state index contributed by atoms with van der Waals surface area (Å²) in [6, 6.07) is 12.2. The van der Waals surface area contributed by atoms with E-state index < -0.39 is 4.92 Å². The number of likely N-dealkylation sites (tertiary alicyclic amines) is 1. The number of rotatable bonds is 6. The number of aromatic amines is 1. The van der Waals surface area contributed by atoms with E-state index in [0.717, 1.165) is 50.1 Å². The molecule has 2 saturated heterocycles. The van der Waals surface area contributed by atoms with Gasteiger partial charge in [-0.05, 0) is 43.0 Å². The number of piperazine rings is 1. The molecule has 2 aromatic carbocycles. The predicted octanol–water partition coefficient (Wildman–Crippen LogP) is 2.25. The van der Waals surface area contributed by atoms with Crippen molar-refractivity contribution in [1.82, 2.24) is 30.1 Å². The standard InChI is InChI=1S/C25H29N7O4/c33-24(8-3-18-1-5-21(6-2-18)32(35)36)30-11-9-20(10-12-30)29-13-15-31(16-14-29)25(34)19-4-7-22-23(17-19)27-28-26-22/h1-2,4-7,17,20H,3,8-16H2,(H,26,27,28). The first-order valence-electron chi connectivity index (χ1n) is 12.3. The summed E-state index contributed by atoms with van der Waals surface area (Å²) in [4.78, 5) is 42.3. The number of nitro benzene ring substituents is 1. The van der Waals surface area contributed by atoms with Gasteiger partial charge in [-0.25, -0.2) is 0 Å². The number of hydrogen-bond acceptors (Lipinski definition) is 7. The van der Waals surface area contributed by atoms with E-state index in [1.165, 1.54) is 12.1 Å². The largest absolute Gasteiger partial charge is 0.343 e. The average Bonchev–Trinajstić information content (AvgIpc) is 3.40. The van der Waals surface area contributed by atoms with Crippen molar-refractivity contribution in [3.63, 3.8) is 0 Å². The van der Waals surface area contributed by atoms with E-state index in [9.17, 15) is 19.7 Å². The molecule has 2 aliphatic rings. The van der Waals surface area contributed by atoms with Crippen molar-refractivity contribution in [3.05, 3.63) is 63.7 Å². The number of aryl methyl sites for hydroxylation is 1. The number of fused-ring (bicyclic) bond motifs is 1. The Morgan fingerprint density at radius 2 is 1.61 bits per heavy atom. The first kappa shape index (κ1) is 23.9. The summed E-state index contributed by atoms with van der Waals surface area (Å²) in [5.74, 6) is 0.152. The monoisotopic (exact) mass is 491 g/mol. The Bertz CT molecular complexity index is 1240. The van der Waals surface area contributed by atoms with Gasteiger partial charge in [-0.15, -0.1) is 0 Å². The van der Waals surface area contributed by atoms with Gasteiger partial charge in [0.1, 0.15) is 11.0 Å². The molecular formula is C25H29N7O4. The number of nitrogens with zero attached hydrogens (tertiary/aromatic N) is 6. The topological polar surface area (TPSA) is 129 Å². The molecule has 1 N–H and O–H groups in total. The Kier molecular flexibility index (Phi) is 6.90. The molecule has 11 nitrogen and oxygen atoms in total. The molecule has 3 aromatic rings. The molecule has 188 valence electrons. The van der Waals surface area contributed by atoms with E-state index in [2.05, 4.69) is 20.3 Å². The third kappa shape index (κ3) is 5.20. The van der Waals surface area contributed by atoms with Crippen LogP contribution in [0.5, 0.6) is 0 Å². The lowest BCUT2D eigenvalue weighted by Crippen LogP contribution is -2.54. The number of H-pyrrole nitrogens is 1. The van der Waals surface area contributed by atoms with Crippen molar-refractivity contribution in [2.75, 3.05) is 39.3 Å². The number of hydrogen-bond donors (Lipinski definition) is 1. The van der Waals surface area contributed by atoms with Crippen LogP contribution in [-0.2, 0) is 11.2 Å². The normalized spacial score (nSPS) is 17.4. The zero-order chi connectivity index (χ0) is 25.1. The molecule has 0 spiro atoms. The van der Waals surface area contributed by atoms with E-state index in [0.29, 0.717) is 43.1 Å². The molecule has 0 atom stereocenters. The molecule has 2 aliphatic heterocycles. The van der Waals surface area contributed by atoms with E-state index in [1.807, 2.05) is 15.9 Å². The summed E-state index contributed by atoms with van der Waals surface area (Å²) in [6.45, 7) is 4.50. The molecule has 0 radical (unpaired) electrons. The summed E-state index contributed by atoms with van der Waals surface area (Å²) >= 11 is 0. The van der Waals surface area contributed by atoms with Crippen molar-refractivity contribution < 1.29 is 14.5 Å². The van der Waals surface area contributed by atoms with Crippen LogP contribution in [0.1, 0.15) is 35.2 Å². The molecule has 5 rings (SSSR count). The number of carbonyl (C=O) groups is 2. The zero-order valence-corrected chi connectivity index (χ0v) is 20.0. The summed E-state index contributed by atoms with van der Waals surface area (Å²) < 4.78 is 0. The lowest BCUT2D eigenvalue weighted by atomic mass is 10.0. The van der Waals surface area contributed by atoms with Crippen molar-refractivity contribution in [3.8, 4) is 0 Å². The second-order valence-electron chi connectivity index (χ2n) is 9.39. The number of carbonyl (C=O) groups excluding carboxylic acids is 2. The van der Waals surface area contributed by atoms with Gasteiger partial charge in [0.05, 0.1) is 4.92 Å². The summed E-state index contributed by atoms with van der Waals surface area (Å²) in [7, 11) is 0. The second kappa shape index (κ2) is 10.4. The second-order valence-corrected chi connectivity index (χ2v) is 9.39. The van der Waals surface area contributed by atoms with Crippen LogP contribution in [0.3, 0.4) is 0 Å². The SMILES string of the molecule is O=C(CCc1ccc([N+](=O)[O-])cc1)N1CCC(N2CCN(C(=O)c3ccc4n[nH]nc4c3)CC2)CC1. The highest BCUT2D eigenvalue weighted by Crippen LogP contribution is 2.21. The van der Waals surface area contributed by atoms with Gasteiger partial charge in [-0.1, -0.05) is 12.1 Å². The van der Waals surface area contributed by atoms with Crippen LogP contribution in [0, 0.1) is 10.1 Å². The highest BCUT2D eigenvalue weighted by molar-refractivity contribution is 5.97. The highest BCUT2D eigenvalue weighted by atomic mass is 16.6. The number of amides is 2. The molecule has 2 fully saturated rings. The van der Waals surface area contributed by atoms with Gasteiger partial charge in [0.25, 0.3) is 11.6 Å². The Morgan fingerprint density at radius 1 is 0.917 bits per heavy atom. The van der Waals surface area contributed by atoms with Crippen LogP contribution >= 0.6 is 0 Å². The minimum Gasteiger partial charge on any atom is -0.343 e. The van der Waals surface area contributed by atoms with Gasteiger partial charge >= 0.3 is 0 Å². The Hall–Kier alpha value is -3.86. The molecule has 0 aliphatic carbocycles. The fourth-order valence-electron chi connectivity index (χ4n) is 5.12. The predicted molar refractivity (Wildman–Crippen MR) is 132 cm³/mol. The third-order valence-electron chi connectivity index (χ3n) is 7.27.